The Balaban J connectivity index is 1.76. The first-order valence-electron chi connectivity index (χ1n) is 9.98. The van der Waals surface area contributed by atoms with Gasteiger partial charge in [-0.05, 0) is 34.4 Å². The van der Waals surface area contributed by atoms with Crippen LogP contribution in [0.25, 0.3) is 22.5 Å². The predicted octanol–water partition coefficient (Wildman–Crippen LogP) is 4.27. The smallest absolute Gasteiger partial charge is 0.205 e. The zero-order valence-electron chi connectivity index (χ0n) is 16.7. The first kappa shape index (κ1) is 20.3. The SMILES string of the molecule is CCCCc1nc(Cl)c(CO)n1Cc1ccc(-c2ccccc2)c(-c2nn[nH]n2)c1. The van der Waals surface area contributed by atoms with Gasteiger partial charge in [-0.1, -0.05) is 67.4 Å². The number of rotatable bonds is 8. The third-order valence-corrected chi connectivity index (χ3v) is 5.40. The third-order valence-electron chi connectivity index (χ3n) is 5.10. The number of tetrazole rings is 1. The zero-order chi connectivity index (χ0) is 20.9. The summed E-state index contributed by atoms with van der Waals surface area (Å²) in [5.74, 6) is 1.42. The van der Waals surface area contributed by atoms with Crippen LogP contribution in [0.5, 0.6) is 0 Å². The maximum absolute atomic E-state index is 9.84. The zero-order valence-corrected chi connectivity index (χ0v) is 17.5. The number of hydrogen-bond acceptors (Lipinski definition) is 5. The molecule has 0 amide bonds. The van der Waals surface area contributed by atoms with E-state index >= 15 is 0 Å². The van der Waals surface area contributed by atoms with Gasteiger partial charge in [0.1, 0.15) is 5.82 Å². The normalized spacial score (nSPS) is 11.2. The molecule has 0 aliphatic carbocycles. The molecule has 2 aromatic carbocycles. The molecule has 0 spiro atoms. The number of aliphatic hydroxyl groups is 1. The van der Waals surface area contributed by atoms with Crippen molar-refractivity contribution in [1.82, 2.24) is 30.2 Å². The van der Waals surface area contributed by atoms with Gasteiger partial charge < -0.3 is 9.67 Å². The minimum absolute atomic E-state index is 0.155. The lowest BCUT2D eigenvalue weighted by Gasteiger charge is -2.14. The largest absolute Gasteiger partial charge is 0.390 e. The van der Waals surface area contributed by atoms with Gasteiger partial charge in [-0.2, -0.15) is 5.21 Å². The molecule has 154 valence electrons. The van der Waals surface area contributed by atoms with Crippen LogP contribution in [0, 0.1) is 0 Å². The topological polar surface area (TPSA) is 92.5 Å². The van der Waals surface area contributed by atoms with Crippen LogP contribution in [-0.2, 0) is 19.6 Å². The Kier molecular flexibility index (Phi) is 6.21. The van der Waals surface area contributed by atoms with Gasteiger partial charge in [0, 0.05) is 18.5 Å². The lowest BCUT2D eigenvalue weighted by molar-refractivity contribution is 0.271. The molecule has 2 N–H and O–H groups in total. The lowest BCUT2D eigenvalue weighted by Crippen LogP contribution is -2.09. The van der Waals surface area contributed by atoms with Gasteiger partial charge in [0.05, 0.1) is 12.3 Å². The van der Waals surface area contributed by atoms with Crippen molar-refractivity contribution in [2.45, 2.75) is 39.3 Å². The summed E-state index contributed by atoms with van der Waals surface area (Å²) in [6.07, 6.45) is 2.89. The molecule has 0 radical (unpaired) electrons. The van der Waals surface area contributed by atoms with Crippen LogP contribution in [0.15, 0.2) is 48.5 Å². The van der Waals surface area contributed by atoms with Crippen molar-refractivity contribution in [1.29, 1.82) is 0 Å². The van der Waals surface area contributed by atoms with E-state index in [9.17, 15) is 5.11 Å². The molecule has 30 heavy (non-hydrogen) atoms. The molecule has 0 aliphatic heterocycles. The van der Waals surface area contributed by atoms with E-state index in [1.54, 1.807) is 0 Å². The fourth-order valence-corrected chi connectivity index (χ4v) is 3.83. The van der Waals surface area contributed by atoms with E-state index in [0.717, 1.165) is 47.3 Å². The first-order chi connectivity index (χ1) is 14.7. The number of aryl methyl sites for hydroxylation is 1. The highest BCUT2D eigenvalue weighted by molar-refractivity contribution is 6.30. The third kappa shape index (κ3) is 4.13. The van der Waals surface area contributed by atoms with Crippen LogP contribution in [0.1, 0.15) is 36.8 Å². The van der Waals surface area contributed by atoms with Crippen molar-refractivity contribution >= 4 is 11.6 Å². The number of nitrogens with zero attached hydrogens (tertiary/aromatic N) is 5. The van der Waals surface area contributed by atoms with Crippen molar-refractivity contribution in [3.8, 4) is 22.5 Å². The van der Waals surface area contributed by atoms with Gasteiger partial charge in [-0.25, -0.2) is 4.98 Å². The molecule has 0 saturated heterocycles. The maximum atomic E-state index is 9.84. The standard InChI is InChI=1S/C22H23ClN6O/c1-2-3-9-20-24-21(23)19(14-30)29(20)13-15-10-11-17(16-7-5-4-6-8-16)18(12-15)22-25-27-28-26-22/h4-8,10-12,30H,2-3,9,13-14H2,1H3,(H,25,26,27,28). The molecular formula is C22H23ClN6O. The Morgan fingerprint density at radius 1 is 1.10 bits per heavy atom. The van der Waals surface area contributed by atoms with Gasteiger partial charge in [-0.3, -0.25) is 0 Å². The average Bonchev–Trinajstić information content (AvgIpc) is 3.41. The van der Waals surface area contributed by atoms with Crippen LogP contribution in [0.2, 0.25) is 5.15 Å². The summed E-state index contributed by atoms with van der Waals surface area (Å²) in [5.41, 5.74) is 4.67. The number of benzene rings is 2. The highest BCUT2D eigenvalue weighted by Crippen LogP contribution is 2.31. The Morgan fingerprint density at radius 3 is 2.63 bits per heavy atom. The number of nitrogens with one attached hydrogen (secondary N) is 1. The molecular weight excluding hydrogens is 400 g/mol. The Morgan fingerprint density at radius 2 is 1.93 bits per heavy atom. The number of aromatic nitrogens is 6. The molecule has 0 aliphatic rings. The number of aromatic amines is 1. The molecule has 2 aromatic heterocycles. The van der Waals surface area contributed by atoms with E-state index in [2.05, 4.69) is 62.9 Å². The van der Waals surface area contributed by atoms with Crippen LogP contribution in [0.3, 0.4) is 0 Å². The fraction of sp³-hybridized carbons (Fsp3) is 0.273. The monoisotopic (exact) mass is 422 g/mol. The molecule has 4 aromatic rings. The number of aliphatic hydroxyl groups excluding tert-OH is 1. The fourth-order valence-electron chi connectivity index (χ4n) is 3.57. The average molecular weight is 423 g/mol. The summed E-state index contributed by atoms with van der Waals surface area (Å²) in [6.45, 7) is 2.54. The molecule has 7 nitrogen and oxygen atoms in total. The summed E-state index contributed by atoms with van der Waals surface area (Å²) < 4.78 is 2.01. The van der Waals surface area contributed by atoms with E-state index in [1.165, 1.54) is 0 Å². The van der Waals surface area contributed by atoms with Crippen molar-refractivity contribution < 1.29 is 5.11 Å². The Hall–Kier alpha value is -3.03. The second-order valence-electron chi connectivity index (χ2n) is 7.09. The van der Waals surface area contributed by atoms with Crippen molar-refractivity contribution in [2.75, 3.05) is 0 Å². The minimum Gasteiger partial charge on any atom is -0.390 e. The van der Waals surface area contributed by atoms with Gasteiger partial charge in [-0.15, -0.1) is 10.2 Å². The highest BCUT2D eigenvalue weighted by atomic mass is 35.5. The molecule has 0 bridgehead atoms. The Bertz CT molecular complexity index is 1110. The lowest BCUT2D eigenvalue weighted by atomic mass is 9.97. The quantitative estimate of drug-likeness (QED) is 0.442. The predicted molar refractivity (Wildman–Crippen MR) is 116 cm³/mol. The second kappa shape index (κ2) is 9.19. The molecule has 8 heteroatoms. The van der Waals surface area contributed by atoms with Gasteiger partial charge in [0.2, 0.25) is 5.82 Å². The Labute approximate surface area is 179 Å². The van der Waals surface area contributed by atoms with E-state index < -0.39 is 0 Å². The molecule has 0 atom stereocenters. The number of imidazole rings is 1. The summed E-state index contributed by atoms with van der Waals surface area (Å²) in [6, 6.07) is 16.3. The van der Waals surface area contributed by atoms with Crippen LogP contribution < -0.4 is 0 Å². The summed E-state index contributed by atoms with van der Waals surface area (Å²) in [5, 5.41) is 24.8. The van der Waals surface area contributed by atoms with Crippen molar-refractivity contribution in [3.63, 3.8) is 0 Å². The maximum Gasteiger partial charge on any atom is 0.205 e. The van der Waals surface area contributed by atoms with Gasteiger partial charge in [0.15, 0.2) is 5.15 Å². The number of hydrogen-bond donors (Lipinski definition) is 2. The van der Waals surface area contributed by atoms with Crippen LogP contribution in [-0.4, -0.2) is 35.3 Å². The minimum atomic E-state index is -0.155. The van der Waals surface area contributed by atoms with Gasteiger partial charge in [0.25, 0.3) is 0 Å². The number of unbranched alkanes of at least 4 members (excludes halogenated alkanes) is 1. The summed E-state index contributed by atoms with van der Waals surface area (Å²) in [7, 11) is 0. The van der Waals surface area contributed by atoms with Crippen LogP contribution >= 0.6 is 11.6 Å². The summed E-state index contributed by atoms with van der Waals surface area (Å²) >= 11 is 6.29. The molecule has 0 unspecified atom stereocenters. The second-order valence-corrected chi connectivity index (χ2v) is 7.45. The van der Waals surface area contributed by atoms with E-state index in [4.69, 9.17) is 11.6 Å². The highest BCUT2D eigenvalue weighted by Gasteiger charge is 2.17. The number of H-pyrrole nitrogens is 1. The molecule has 2 heterocycles. The van der Waals surface area contributed by atoms with Crippen molar-refractivity contribution in [3.05, 3.63) is 70.8 Å². The molecule has 4 rings (SSSR count). The van der Waals surface area contributed by atoms with E-state index in [0.29, 0.717) is 23.2 Å². The van der Waals surface area contributed by atoms with Crippen LogP contribution in [0.4, 0.5) is 0 Å². The molecule has 0 fully saturated rings. The first-order valence-corrected chi connectivity index (χ1v) is 10.4. The van der Waals surface area contributed by atoms with Gasteiger partial charge >= 0.3 is 0 Å². The van der Waals surface area contributed by atoms with Crippen molar-refractivity contribution in [2.24, 2.45) is 0 Å². The number of halogens is 1. The van der Waals surface area contributed by atoms with E-state index in [1.807, 2.05) is 22.8 Å². The summed E-state index contributed by atoms with van der Waals surface area (Å²) in [4.78, 5) is 4.48. The molecule has 0 saturated carbocycles. The van der Waals surface area contributed by atoms with E-state index in [-0.39, 0.29) is 6.61 Å².